The van der Waals surface area contributed by atoms with Crippen molar-refractivity contribution in [3.05, 3.63) is 56.9 Å². The van der Waals surface area contributed by atoms with E-state index in [9.17, 15) is 14.9 Å². The van der Waals surface area contributed by atoms with Crippen LogP contribution >= 0.6 is 0 Å². The van der Waals surface area contributed by atoms with Crippen molar-refractivity contribution in [2.45, 2.75) is 57.9 Å². The number of aromatic nitrogens is 2. The zero-order valence-corrected chi connectivity index (χ0v) is 15.3. The third-order valence-corrected chi connectivity index (χ3v) is 5.14. The summed E-state index contributed by atoms with van der Waals surface area (Å²) in [6.45, 7) is 6.31. The number of amides is 1. The summed E-state index contributed by atoms with van der Waals surface area (Å²) in [5.41, 5.74) is 2.37. The monoisotopic (exact) mass is 356 g/mol. The quantitative estimate of drug-likeness (QED) is 0.628. The lowest BCUT2D eigenvalue weighted by molar-refractivity contribution is -0.385. The standard InChI is InChI=1S/C19H24N4O3/c1-4-7-15-17(23(25)26)16(22-21-15)18(24)20-14-10-11-19(2,3)13-9-6-5-8-12(13)14/h5-6,8-9,14H,4,7,10-11H2,1-3H3,(H,20,24)(H,21,22). The van der Waals surface area contributed by atoms with Gasteiger partial charge in [0.25, 0.3) is 5.91 Å². The van der Waals surface area contributed by atoms with E-state index in [1.165, 1.54) is 5.56 Å². The van der Waals surface area contributed by atoms with E-state index in [4.69, 9.17) is 0 Å². The molecule has 7 nitrogen and oxygen atoms in total. The Labute approximate surface area is 152 Å². The van der Waals surface area contributed by atoms with Crippen molar-refractivity contribution in [3.63, 3.8) is 0 Å². The molecule has 1 unspecified atom stereocenters. The van der Waals surface area contributed by atoms with Gasteiger partial charge in [-0.2, -0.15) is 5.10 Å². The minimum Gasteiger partial charge on any atom is -0.344 e. The van der Waals surface area contributed by atoms with Gasteiger partial charge in [0.1, 0.15) is 5.69 Å². The highest BCUT2D eigenvalue weighted by Crippen LogP contribution is 2.41. The molecule has 138 valence electrons. The van der Waals surface area contributed by atoms with E-state index in [1.807, 2.05) is 25.1 Å². The van der Waals surface area contributed by atoms with Crippen LogP contribution < -0.4 is 5.32 Å². The number of benzene rings is 1. The summed E-state index contributed by atoms with van der Waals surface area (Å²) in [7, 11) is 0. The van der Waals surface area contributed by atoms with Gasteiger partial charge in [-0.25, -0.2) is 0 Å². The highest BCUT2D eigenvalue weighted by Gasteiger charge is 2.35. The fourth-order valence-corrected chi connectivity index (χ4v) is 3.74. The molecular weight excluding hydrogens is 332 g/mol. The molecule has 2 aromatic rings. The minimum absolute atomic E-state index is 0.0461. The molecule has 0 saturated heterocycles. The van der Waals surface area contributed by atoms with Crippen molar-refractivity contribution in [3.8, 4) is 0 Å². The van der Waals surface area contributed by atoms with E-state index in [1.54, 1.807) is 0 Å². The Hall–Kier alpha value is -2.70. The molecule has 1 atom stereocenters. The number of rotatable bonds is 5. The fourth-order valence-electron chi connectivity index (χ4n) is 3.74. The van der Waals surface area contributed by atoms with Gasteiger partial charge in [0, 0.05) is 0 Å². The third-order valence-electron chi connectivity index (χ3n) is 5.14. The number of hydrogen-bond acceptors (Lipinski definition) is 4. The molecule has 1 heterocycles. The summed E-state index contributed by atoms with van der Waals surface area (Å²) in [5.74, 6) is -0.505. The number of carbonyl (C=O) groups is 1. The lowest BCUT2D eigenvalue weighted by Crippen LogP contribution is -2.36. The number of nitrogens with one attached hydrogen (secondary N) is 2. The van der Waals surface area contributed by atoms with Crippen molar-refractivity contribution >= 4 is 11.6 Å². The molecular formula is C19H24N4O3. The molecule has 1 aromatic heterocycles. The highest BCUT2D eigenvalue weighted by atomic mass is 16.6. The molecule has 0 fully saturated rings. The second-order valence-corrected chi connectivity index (χ2v) is 7.44. The third kappa shape index (κ3) is 3.21. The van der Waals surface area contributed by atoms with Gasteiger partial charge in [-0.3, -0.25) is 20.0 Å². The Morgan fingerprint density at radius 2 is 2.15 bits per heavy atom. The molecule has 0 bridgehead atoms. The number of fused-ring (bicyclic) bond motifs is 1. The van der Waals surface area contributed by atoms with Gasteiger partial charge in [-0.1, -0.05) is 51.5 Å². The Morgan fingerprint density at radius 1 is 1.42 bits per heavy atom. The molecule has 2 N–H and O–H groups in total. The second kappa shape index (κ2) is 6.90. The van der Waals surface area contributed by atoms with Gasteiger partial charge in [-0.15, -0.1) is 0 Å². The van der Waals surface area contributed by atoms with Crippen LogP contribution in [0.5, 0.6) is 0 Å². The van der Waals surface area contributed by atoms with E-state index in [0.29, 0.717) is 12.1 Å². The summed E-state index contributed by atoms with van der Waals surface area (Å²) >= 11 is 0. The first-order valence-corrected chi connectivity index (χ1v) is 8.97. The summed E-state index contributed by atoms with van der Waals surface area (Å²) in [6.07, 6.45) is 2.93. The maximum atomic E-state index is 12.7. The van der Waals surface area contributed by atoms with Crippen LogP contribution in [0.4, 0.5) is 5.69 Å². The zero-order valence-electron chi connectivity index (χ0n) is 15.3. The summed E-state index contributed by atoms with van der Waals surface area (Å²) < 4.78 is 0. The van der Waals surface area contributed by atoms with E-state index >= 15 is 0 Å². The first-order chi connectivity index (χ1) is 12.3. The number of hydrogen-bond donors (Lipinski definition) is 2. The molecule has 3 rings (SSSR count). The van der Waals surface area contributed by atoms with E-state index in [-0.39, 0.29) is 22.8 Å². The van der Waals surface area contributed by atoms with Gasteiger partial charge in [0.05, 0.1) is 11.0 Å². The number of aromatic amines is 1. The molecule has 26 heavy (non-hydrogen) atoms. The van der Waals surface area contributed by atoms with Crippen molar-refractivity contribution in [2.24, 2.45) is 0 Å². The zero-order chi connectivity index (χ0) is 18.9. The van der Waals surface area contributed by atoms with Crippen LogP contribution in [0.25, 0.3) is 0 Å². The highest BCUT2D eigenvalue weighted by molar-refractivity contribution is 5.96. The number of nitro groups is 1. The molecule has 1 aliphatic carbocycles. The molecule has 0 radical (unpaired) electrons. The fraction of sp³-hybridized carbons (Fsp3) is 0.474. The summed E-state index contributed by atoms with van der Waals surface area (Å²) in [6, 6.07) is 7.89. The average Bonchev–Trinajstić information content (AvgIpc) is 3.02. The normalized spacial score (nSPS) is 18.2. The lowest BCUT2D eigenvalue weighted by Gasteiger charge is -2.37. The summed E-state index contributed by atoms with van der Waals surface area (Å²) in [4.78, 5) is 23.6. The Bertz CT molecular complexity index is 841. The van der Waals surface area contributed by atoms with Crippen LogP contribution in [-0.2, 0) is 11.8 Å². The molecule has 0 aliphatic heterocycles. The first kappa shape index (κ1) is 18.1. The van der Waals surface area contributed by atoms with E-state index in [2.05, 4.69) is 35.4 Å². The predicted octanol–water partition coefficient (Wildman–Crippen LogP) is 3.81. The van der Waals surface area contributed by atoms with Gasteiger partial charge in [0.15, 0.2) is 0 Å². The van der Waals surface area contributed by atoms with Crippen molar-refractivity contribution < 1.29 is 9.72 Å². The first-order valence-electron chi connectivity index (χ1n) is 8.97. The van der Waals surface area contributed by atoms with Gasteiger partial charge in [0.2, 0.25) is 5.69 Å². The van der Waals surface area contributed by atoms with Gasteiger partial charge >= 0.3 is 5.69 Å². The van der Waals surface area contributed by atoms with E-state index < -0.39 is 10.8 Å². The van der Waals surface area contributed by atoms with Crippen LogP contribution in [0.15, 0.2) is 24.3 Å². The van der Waals surface area contributed by atoms with Crippen LogP contribution in [0, 0.1) is 10.1 Å². The van der Waals surface area contributed by atoms with Crippen molar-refractivity contribution in [1.82, 2.24) is 15.5 Å². The summed E-state index contributed by atoms with van der Waals surface area (Å²) in [5, 5.41) is 21.0. The van der Waals surface area contributed by atoms with Gasteiger partial charge < -0.3 is 5.32 Å². The number of aryl methyl sites for hydroxylation is 1. The lowest BCUT2D eigenvalue weighted by atomic mass is 9.71. The Balaban J connectivity index is 1.89. The number of nitrogens with zero attached hydrogens (tertiary/aromatic N) is 2. The molecule has 1 aliphatic rings. The second-order valence-electron chi connectivity index (χ2n) is 7.44. The molecule has 0 saturated carbocycles. The molecule has 0 spiro atoms. The Kier molecular flexibility index (Phi) is 4.80. The SMILES string of the molecule is CCCc1[nH]nc(C(=O)NC2CCC(C)(C)c3ccccc32)c1[N+](=O)[O-]. The maximum Gasteiger partial charge on any atom is 0.322 e. The average molecular weight is 356 g/mol. The van der Waals surface area contributed by atoms with Crippen LogP contribution in [0.2, 0.25) is 0 Å². The number of carbonyl (C=O) groups excluding carboxylic acids is 1. The van der Waals surface area contributed by atoms with Crippen molar-refractivity contribution in [2.75, 3.05) is 0 Å². The van der Waals surface area contributed by atoms with Gasteiger partial charge in [-0.05, 0) is 35.8 Å². The number of H-pyrrole nitrogens is 1. The van der Waals surface area contributed by atoms with E-state index in [0.717, 1.165) is 24.8 Å². The van der Waals surface area contributed by atoms with Crippen LogP contribution in [-0.4, -0.2) is 21.0 Å². The van der Waals surface area contributed by atoms with Crippen molar-refractivity contribution in [1.29, 1.82) is 0 Å². The molecule has 7 heteroatoms. The van der Waals surface area contributed by atoms with Crippen LogP contribution in [0.3, 0.4) is 0 Å². The topological polar surface area (TPSA) is 101 Å². The van der Waals surface area contributed by atoms with Crippen LogP contribution in [0.1, 0.15) is 73.4 Å². The molecule has 1 amide bonds. The predicted molar refractivity (Wildman–Crippen MR) is 98.1 cm³/mol. The maximum absolute atomic E-state index is 12.7. The minimum atomic E-state index is -0.526. The Morgan fingerprint density at radius 3 is 2.85 bits per heavy atom. The largest absolute Gasteiger partial charge is 0.344 e. The smallest absolute Gasteiger partial charge is 0.322 e. The molecule has 1 aromatic carbocycles.